The molecule has 3 N–H and O–H groups in total. The molecule has 0 bridgehead atoms. The summed E-state index contributed by atoms with van der Waals surface area (Å²) in [7, 11) is 4.10. The number of amides is 1. The fourth-order valence-corrected chi connectivity index (χ4v) is 1.91. The third-order valence-corrected chi connectivity index (χ3v) is 3.00. The second-order valence-electron chi connectivity index (χ2n) is 5.45. The molecule has 0 fully saturated rings. The van der Waals surface area contributed by atoms with Crippen molar-refractivity contribution in [1.82, 2.24) is 10.2 Å². The van der Waals surface area contributed by atoms with Crippen LogP contribution in [0.2, 0.25) is 0 Å². The molecule has 4 heteroatoms. The van der Waals surface area contributed by atoms with Crippen LogP contribution in [0.1, 0.15) is 40.0 Å². The number of hydrogen-bond donors (Lipinski definition) is 2. The van der Waals surface area contributed by atoms with Crippen molar-refractivity contribution in [3.05, 3.63) is 0 Å². The molecule has 0 spiro atoms. The minimum atomic E-state index is 0.137. The molecule has 0 heterocycles. The molecule has 1 amide bonds. The summed E-state index contributed by atoms with van der Waals surface area (Å²) >= 11 is 0. The highest BCUT2D eigenvalue weighted by atomic mass is 16.1. The van der Waals surface area contributed by atoms with Gasteiger partial charge in [-0.2, -0.15) is 0 Å². The molecule has 0 saturated heterocycles. The van der Waals surface area contributed by atoms with E-state index < -0.39 is 0 Å². The number of rotatable bonds is 8. The van der Waals surface area contributed by atoms with Crippen LogP contribution in [-0.4, -0.2) is 43.5 Å². The first-order valence-electron chi connectivity index (χ1n) is 6.53. The Labute approximate surface area is 106 Å². The van der Waals surface area contributed by atoms with Crippen molar-refractivity contribution < 1.29 is 4.79 Å². The number of nitrogens with one attached hydrogen (secondary N) is 1. The maximum Gasteiger partial charge on any atom is 0.220 e. The Morgan fingerprint density at radius 3 is 2.29 bits per heavy atom. The van der Waals surface area contributed by atoms with Gasteiger partial charge in [0.05, 0.1) is 0 Å². The first-order valence-corrected chi connectivity index (χ1v) is 6.53. The molecular weight excluding hydrogens is 214 g/mol. The van der Waals surface area contributed by atoms with Crippen LogP contribution in [0.25, 0.3) is 0 Å². The number of likely N-dealkylation sites (N-methyl/N-ethyl adjacent to an activating group) is 1. The summed E-state index contributed by atoms with van der Waals surface area (Å²) in [5.41, 5.74) is 5.64. The van der Waals surface area contributed by atoms with Gasteiger partial charge in [0.15, 0.2) is 0 Å². The molecule has 17 heavy (non-hydrogen) atoms. The van der Waals surface area contributed by atoms with Crippen LogP contribution in [0.3, 0.4) is 0 Å². The molecule has 2 unspecified atom stereocenters. The lowest BCUT2D eigenvalue weighted by atomic mass is 10.0. The number of carbonyl (C=O) groups excluding carboxylic acids is 1. The first kappa shape index (κ1) is 16.4. The average Bonchev–Trinajstić information content (AvgIpc) is 2.15. The van der Waals surface area contributed by atoms with Gasteiger partial charge in [0.2, 0.25) is 5.91 Å². The summed E-state index contributed by atoms with van der Waals surface area (Å²) < 4.78 is 0. The Hall–Kier alpha value is -0.610. The zero-order valence-electron chi connectivity index (χ0n) is 12.0. The molecule has 4 nitrogen and oxygen atoms in total. The van der Waals surface area contributed by atoms with Gasteiger partial charge in [-0.15, -0.1) is 0 Å². The molecule has 0 aromatic rings. The lowest BCUT2D eigenvalue weighted by molar-refractivity contribution is -0.121. The zero-order chi connectivity index (χ0) is 13.4. The fraction of sp³-hybridized carbons (Fsp3) is 0.923. The summed E-state index contributed by atoms with van der Waals surface area (Å²) in [6, 6.07) is 0.584. The smallest absolute Gasteiger partial charge is 0.220 e. The number of nitrogens with two attached hydrogens (primary N) is 1. The summed E-state index contributed by atoms with van der Waals surface area (Å²) in [5, 5.41) is 3.00. The molecule has 0 saturated carbocycles. The molecule has 0 radical (unpaired) electrons. The van der Waals surface area contributed by atoms with Crippen molar-refractivity contribution in [2.75, 3.05) is 20.6 Å². The van der Waals surface area contributed by atoms with Gasteiger partial charge in [0.1, 0.15) is 0 Å². The normalized spacial score (nSPS) is 15.1. The van der Waals surface area contributed by atoms with E-state index in [2.05, 4.69) is 24.1 Å². The van der Waals surface area contributed by atoms with Crippen molar-refractivity contribution >= 4 is 5.91 Å². The molecular formula is C13H29N3O. The third-order valence-electron chi connectivity index (χ3n) is 3.00. The van der Waals surface area contributed by atoms with E-state index in [9.17, 15) is 4.79 Å². The molecule has 0 aliphatic rings. The van der Waals surface area contributed by atoms with E-state index in [1.54, 1.807) is 0 Å². The summed E-state index contributed by atoms with van der Waals surface area (Å²) in [6.45, 7) is 7.04. The number of carbonyl (C=O) groups is 1. The highest BCUT2D eigenvalue weighted by Gasteiger charge is 2.16. The monoisotopic (exact) mass is 243 g/mol. The predicted octanol–water partition coefficient (Wildman–Crippen LogP) is 1.21. The molecule has 0 aromatic carbocycles. The Kier molecular flexibility index (Phi) is 8.17. The van der Waals surface area contributed by atoms with Gasteiger partial charge in [-0.3, -0.25) is 4.79 Å². The maximum absolute atomic E-state index is 11.6. The number of nitrogens with zero attached hydrogens (tertiary/aromatic N) is 1. The first-order chi connectivity index (χ1) is 7.84. The highest BCUT2D eigenvalue weighted by molar-refractivity contribution is 5.75. The predicted molar refractivity (Wildman–Crippen MR) is 72.8 cm³/mol. The van der Waals surface area contributed by atoms with Crippen LogP contribution in [0, 0.1) is 5.92 Å². The second-order valence-corrected chi connectivity index (χ2v) is 5.45. The Bertz CT molecular complexity index is 207. The van der Waals surface area contributed by atoms with Crippen molar-refractivity contribution in [1.29, 1.82) is 0 Å². The molecule has 2 atom stereocenters. The van der Waals surface area contributed by atoms with Crippen LogP contribution in [-0.2, 0) is 4.79 Å². The van der Waals surface area contributed by atoms with E-state index in [4.69, 9.17) is 5.73 Å². The van der Waals surface area contributed by atoms with Crippen LogP contribution < -0.4 is 11.1 Å². The largest absolute Gasteiger partial charge is 0.355 e. The molecule has 0 aliphatic heterocycles. The van der Waals surface area contributed by atoms with Crippen molar-refractivity contribution in [3.63, 3.8) is 0 Å². The van der Waals surface area contributed by atoms with E-state index in [0.717, 1.165) is 19.4 Å². The van der Waals surface area contributed by atoms with Crippen molar-refractivity contribution in [2.24, 2.45) is 11.7 Å². The maximum atomic E-state index is 11.6. The fourth-order valence-electron chi connectivity index (χ4n) is 1.91. The zero-order valence-corrected chi connectivity index (χ0v) is 12.0. The van der Waals surface area contributed by atoms with E-state index in [0.29, 0.717) is 18.4 Å². The Balaban J connectivity index is 3.81. The molecule has 0 aliphatic carbocycles. The SMILES string of the molecule is CC(N)CCCC(=O)NCC(C(C)C)N(C)C. The van der Waals surface area contributed by atoms with Crippen molar-refractivity contribution in [3.8, 4) is 0 Å². The van der Waals surface area contributed by atoms with Gasteiger partial charge in [0, 0.05) is 25.0 Å². The molecule has 0 aromatic heterocycles. The lowest BCUT2D eigenvalue weighted by Crippen LogP contribution is -2.43. The summed E-state index contributed by atoms with van der Waals surface area (Å²) in [5.74, 6) is 0.674. The molecule has 0 rings (SSSR count). The van der Waals surface area contributed by atoms with Crippen molar-refractivity contribution in [2.45, 2.75) is 52.1 Å². The summed E-state index contributed by atoms with van der Waals surface area (Å²) in [6.07, 6.45) is 2.37. The van der Waals surface area contributed by atoms with Gasteiger partial charge in [-0.05, 0) is 39.8 Å². The van der Waals surface area contributed by atoms with Crippen LogP contribution in [0.15, 0.2) is 0 Å². The average molecular weight is 243 g/mol. The van der Waals surface area contributed by atoms with E-state index in [1.807, 2.05) is 21.0 Å². The minimum Gasteiger partial charge on any atom is -0.355 e. The van der Waals surface area contributed by atoms with E-state index in [1.165, 1.54) is 0 Å². The second kappa shape index (κ2) is 8.48. The third kappa shape index (κ3) is 8.16. The summed E-state index contributed by atoms with van der Waals surface area (Å²) in [4.78, 5) is 13.8. The van der Waals surface area contributed by atoms with Crippen LogP contribution in [0.4, 0.5) is 0 Å². The van der Waals surface area contributed by atoms with Gasteiger partial charge >= 0.3 is 0 Å². The Morgan fingerprint density at radius 1 is 1.29 bits per heavy atom. The standard InChI is InChI=1S/C13H29N3O/c1-10(2)12(16(4)5)9-15-13(17)8-6-7-11(3)14/h10-12H,6-9,14H2,1-5H3,(H,15,17). The lowest BCUT2D eigenvalue weighted by Gasteiger charge is -2.28. The van der Waals surface area contributed by atoms with Gasteiger partial charge in [-0.1, -0.05) is 13.8 Å². The molecule has 102 valence electrons. The van der Waals surface area contributed by atoms with E-state index >= 15 is 0 Å². The highest BCUT2D eigenvalue weighted by Crippen LogP contribution is 2.06. The quantitative estimate of drug-likeness (QED) is 0.673. The van der Waals surface area contributed by atoms with Gasteiger partial charge < -0.3 is 16.0 Å². The van der Waals surface area contributed by atoms with Crippen LogP contribution >= 0.6 is 0 Å². The Morgan fingerprint density at radius 2 is 1.88 bits per heavy atom. The van der Waals surface area contributed by atoms with Gasteiger partial charge in [0.25, 0.3) is 0 Å². The minimum absolute atomic E-state index is 0.137. The van der Waals surface area contributed by atoms with Crippen LogP contribution in [0.5, 0.6) is 0 Å². The number of hydrogen-bond acceptors (Lipinski definition) is 3. The van der Waals surface area contributed by atoms with E-state index in [-0.39, 0.29) is 11.9 Å². The topological polar surface area (TPSA) is 58.4 Å². The van der Waals surface area contributed by atoms with Gasteiger partial charge in [-0.25, -0.2) is 0 Å².